The number of hydrogen-bond donors (Lipinski definition) is 2. The summed E-state index contributed by atoms with van der Waals surface area (Å²) in [5, 5.41) is 12.0. The zero-order chi connectivity index (χ0) is 20.6. The lowest BCUT2D eigenvalue weighted by atomic mass is 10.0. The molecule has 0 aromatic heterocycles. The number of benzene rings is 3. The number of carbonyl (C=O) groups is 2. The highest BCUT2D eigenvalue weighted by Gasteiger charge is 2.12. The molecule has 3 rings (SSSR count). The van der Waals surface area contributed by atoms with Gasteiger partial charge in [-0.15, -0.1) is 0 Å². The average molecular weight is 387 g/mol. The molecule has 0 fully saturated rings. The Morgan fingerprint density at radius 3 is 2.28 bits per heavy atom. The number of carbonyl (C=O) groups excluding carboxylic acids is 1. The van der Waals surface area contributed by atoms with Gasteiger partial charge in [-0.3, -0.25) is 4.79 Å². The Kier molecular flexibility index (Phi) is 6.43. The summed E-state index contributed by atoms with van der Waals surface area (Å²) in [5.74, 6) is -0.499. The number of amides is 1. The molecule has 0 atom stereocenters. The maximum Gasteiger partial charge on any atom is 0.335 e. The first-order valence-electron chi connectivity index (χ1n) is 9.08. The molecule has 0 saturated heterocycles. The first-order valence-corrected chi connectivity index (χ1v) is 9.08. The largest absolute Gasteiger partial charge is 0.497 e. The van der Waals surface area contributed by atoms with Crippen molar-refractivity contribution in [2.75, 3.05) is 7.11 Å². The van der Waals surface area contributed by atoms with Crippen LogP contribution in [-0.4, -0.2) is 24.1 Å². The van der Waals surface area contributed by atoms with Gasteiger partial charge in [-0.2, -0.15) is 0 Å². The van der Waals surface area contributed by atoms with Crippen LogP contribution in [0.25, 0.3) is 11.6 Å². The molecular formula is C24H21NO4. The van der Waals surface area contributed by atoms with Crippen LogP contribution in [-0.2, 0) is 11.3 Å². The van der Waals surface area contributed by atoms with Gasteiger partial charge in [-0.25, -0.2) is 4.79 Å². The summed E-state index contributed by atoms with van der Waals surface area (Å²) in [6.07, 6.45) is 1.82. The van der Waals surface area contributed by atoms with Crippen molar-refractivity contribution < 1.29 is 19.4 Å². The molecule has 5 heteroatoms. The summed E-state index contributed by atoms with van der Waals surface area (Å²) >= 11 is 0. The van der Waals surface area contributed by atoms with Crippen molar-refractivity contribution in [1.29, 1.82) is 0 Å². The van der Waals surface area contributed by atoms with Crippen LogP contribution in [0.15, 0.2) is 78.9 Å². The van der Waals surface area contributed by atoms with E-state index in [0.717, 1.165) is 22.4 Å². The van der Waals surface area contributed by atoms with E-state index in [4.69, 9.17) is 9.84 Å². The Morgan fingerprint density at radius 1 is 0.931 bits per heavy atom. The van der Waals surface area contributed by atoms with Gasteiger partial charge in [0.15, 0.2) is 0 Å². The molecule has 0 bridgehead atoms. The molecule has 0 aliphatic rings. The predicted molar refractivity (Wildman–Crippen MR) is 113 cm³/mol. The molecular weight excluding hydrogens is 366 g/mol. The average Bonchev–Trinajstić information content (AvgIpc) is 2.77. The van der Waals surface area contributed by atoms with Crippen molar-refractivity contribution in [3.8, 4) is 5.75 Å². The van der Waals surface area contributed by atoms with Crippen molar-refractivity contribution in [3.05, 3.63) is 101 Å². The Hall–Kier alpha value is -3.86. The number of methoxy groups -OCH3 is 1. The maximum atomic E-state index is 12.9. The Labute approximate surface area is 169 Å². The second kappa shape index (κ2) is 9.37. The SMILES string of the molecule is COc1ccc(/C=C(/C(=O)NCc2cccc(C(=O)O)c2)c2ccccc2)cc1. The van der Waals surface area contributed by atoms with Gasteiger partial charge in [0, 0.05) is 12.1 Å². The lowest BCUT2D eigenvalue weighted by molar-refractivity contribution is -0.115. The van der Waals surface area contributed by atoms with E-state index in [1.54, 1.807) is 25.3 Å². The Balaban J connectivity index is 1.84. The molecule has 146 valence electrons. The van der Waals surface area contributed by atoms with Crippen molar-refractivity contribution in [1.82, 2.24) is 5.32 Å². The zero-order valence-electron chi connectivity index (χ0n) is 16.0. The van der Waals surface area contributed by atoms with E-state index in [2.05, 4.69) is 5.32 Å². The molecule has 0 saturated carbocycles. The van der Waals surface area contributed by atoms with E-state index in [1.165, 1.54) is 6.07 Å². The van der Waals surface area contributed by atoms with Crippen molar-refractivity contribution in [2.24, 2.45) is 0 Å². The number of carboxylic acids is 1. The highest BCUT2D eigenvalue weighted by Crippen LogP contribution is 2.20. The summed E-state index contributed by atoms with van der Waals surface area (Å²) in [5.41, 5.74) is 3.09. The predicted octanol–water partition coefficient (Wildman–Crippen LogP) is 4.25. The van der Waals surface area contributed by atoms with E-state index < -0.39 is 5.97 Å². The lowest BCUT2D eigenvalue weighted by Gasteiger charge is -2.11. The fourth-order valence-electron chi connectivity index (χ4n) is 2.86. The molecule has 0 spiro atoms. The molecule has 0 radical (unpaired) electrons. The van der Waals surface area contributed by atoms with Crippen LogP contribution in [0.1, 0.15) is 27.0 Å². The minimum atomic E-state index is -0.998. The molecule has 0 unspecified atom stereocenters. The summed E-state index contributed by atoms with van der Waals surface area (Å²) in [4.78, 5) is 24.1. The Morgan fingerprint density at radius 2 is 1.62 bits per heavy atom. The number of nitrogens with one attached hydrogen (secondary N) is 1. The third kappa shape index (κ3) is 5.32. The van der Waals surface area contributed by atoms with E-state index >= 15 is 0 Å². The number of ether oxygens (including phenoxy) is 1. The molecule has 0 aliphatic carbocycles. The first-order chi connectivity index (χ1) is 14.1. The van der Waals surface area contributed by atoms with Gasteiger partial charge in [0.1, 0.15) is 5.75 Å². The molecule has 0 aliphatic heterocycles. The van der Waals surface area contributed by atoms with Gasteiger partial charge in [0.25, 0.3) is 5.91 Å². The normalized spacial score (nSPS) is 11.0. The van der Waals surface area contributed by atoms with E-state index in [9.17, 15) is 9.59 Å². The van der Waals surface area contributed by atoms with Gasteiger partial charge in [0.05, 0.1) is 12.7 Å². The molecule has 3 aromatic rings. The molecule has 5 nitrogen and oxygen atoms in total. The standard InChI is InChI=1S/C24H21NO4/c1-29-21-12-10-17(11-13-21)15-22(19-7-3-2-4-8-19)23(26)25-16-18-6-5-9-20(14-18)24(27)28/h2-15H,16H2,1H3,(H,25,26)(H,27,28)/b22-15+. The summed E-state index contributed by atoms with van der Waals surface area (Å²) in [6.45, 7) is 0.229. The van der Waals surface area contributed by atoms with Crippen LogP contribution < -0.4 is 10.1 Å². The van der Waals surface area contributed by atoms with Crippen molar-refractivity contribution >= 4 is 23.5 Å². The van der Waals surface area contributed by atoms with Gasteiger partial charge >= 0.3 is 5.97 Å². The van der Waals surface area contributed by atoms with Crippen LogP contribution >= 0.6 is 0 Å². The molecule has 3 aromatic carbocycles. The fourth-order valence-corrected chi connectivity index (χ4v) is 2.86. The second-order valence-corrected chi connectivity index (χ2v) is 6.39. The molecule has 2 N–H and O–H groups in total. The molecule has 0 heterocycles. The smallest absolute Gasteiger partial charge is 0.335 e. The van der Waals surface area contributed by atoms with Crippen molar-refractivity contribution in [2.45, 2.75) is 6.54 Å². The topological polar surface area (TPSA) is 75.6 Å². The third-order valence-corrected chi connectivity index (χ3v) is 4.38. The van der Waals surface area contributed by atoms with Gasteiger partial charge in [-0.05, 0) is 47.0 Å². The van der Waals surface area contributed by atoms with E-state index in [-0.39, 0.29) is 18.0 Å². The van der Waals surface area contributed by atoms with Crippen LogP contribution in [0.2, 0.25) is 0 Å². The second-order valence-electron chi connectivity index (χ2n) is 6.39. The summed E-state index contributed by atoms with van der Waals surface area (Å²) < 4.78 is 5.18. The van der Waals surface area contributed by atoms with Gasteiger partial charge in [-0.1, -0.05) is 54.6 Å². The first kappa shape index (κ1) is 19.9. The van der Waals surface area contributed by atoms with Crippen LogP contribution in [0.3, 0.4) is 0 Å². The number of hydrogen-bond acceptors (Lipinski definition) is 3. The third-order valence-electron chi connectivity index (χ3n) is 4.38. The monoisotopic (exact) mass is 387 g/mol. The maximum absolute atomic E-state index is 12.9. The summed E-state index contributed by atoms with van der Waals surface area (Å²) in [6, 6.07) is 23.3. The fraction of sp³-hybridized carbons (Fsp3) is 0.0833. The van der Waals surface area contributed by atoms with Crippen LogP contribution in [0.5, 0.6) is 5.75 Å². The lowest BCUT2D eigenvalue weighted by Crippen LogP contribution is -2.24. The number of rotatable bonds is 7. The van der Waals surface area contributed by atoms with Crippen LogP contribution in [0.4, 0.5) is 0 Å². The minimum Gasteiger partial charge on any atom is -0.497 e. The zero-order valence-corrected chi connectivity index (χ0v) is 16.0. The number of carboxylic acid groups (broad SMARTS) is 1. The van der Waals surface area contributed by atoms with E-state index in [1.807, 2.05) is 60.7 Å². The summed E-state index contributed by atoms with van der Waals surface area (Å²) in [7, 11) is 1.60. The van der Waals surface area contributed by atoms with Gasteiger partial charge in [0.2, 0.25) is 0 Å². The van der Waals surface area contributed by atoms with E-state index in [0.29, 0.717) is 5.57 Å². The molecule has 29 heavy (non-hydrogen) atoms. The molecule has 1 amide bonds. The van der Waals surface area contributed by atoms with Gasteiger partial charge < -0.3 is 15.2 Å². The quantitative estimate of drug-likeness (QED) is 0.469. The van der Waals surface area contributed by atoms with Crippen molar-refractivity contribution in [3.63, 3.8) is 0 Å². The Bertz CT molecular complexity index is 1020. The highest BCUT2D eigenvalue weighted by molar-refractivity contribution is 6.24. The van der Waals surface area contributed by atoms with Crippen LogP contribution in [0, 0.1) is 0 Å². The highest BCUT2D eigenvalue weighted by atomic mass is 16.5. The minimum absolute atomic E-state index is 0.189. The number of aromatic carboxylic acids is 1.